The van der Waals surface area contributed by atoms with E-state index in [0.29, 0.717) is 4.90 Å². The topological polar surface area (TPSA) is 46.6 Å². The fourth-order valence-electron chi connectivity index (χ4n) is 2.94. The maximum absolute atomic E-state index is 14.2. The fraction of sp³-hybridized carbons (Fsp3) is 0.800. The van der Waals surface area contributed by atoms with Crippen LogP contribution in [0, 0.1) is 0 Å². The van der Waals surface area contributed by atoms with Gasteiger partial charge in [-0.25, -0.2) is 0 Å². The van der Waals surface area contributed by atoms with E-state index in [0.717, 1.165) is 0 Å². The zero-order valence-corrected chi connectivity index (χ0v) is 19.9. The molecule has 4 nitrogen and oxygen atoms in total. The van der Waals surface area contributed by atoms with Crippen molar-refractivity contribution in [2.45, 2.75) is 81.5 Å². The van der Waals surface area contributed by atoms with Crippen LogP contribution in [0.1, 0.15) is 52.4 Å². The Morgan fingerprint density at radius 1 is 0.886 bits per heavy atom. The highest BCUT2D eigenvalue weighted by Crippen LogP contribution is 2.42. The standard InChI is InChI=1S/C20H27F10NO3S/c1-4-9-31(10-5-2)15(33)16(19(26,27)28,12-14(32)13(3)18(23,24)25)34-11-7-6-8-17(21,22)20(29,30)35/h35H,3-12H2,1-2H3. The molecule has 1 atom stereocenters. The van der Waals surface area contributed by atoms with Gasteiger partial charge >= 0.3 is 23.5 Å². The zero-order valence-electron chi connectivity index (χ0n) is 19.0. The quantitative estimate of drug-likeness (QED) is 0.112. The first-order valence-electron chi connectivity index (χ1n) is 10.4. The van der Waals surface area contributed by atoms with Gasteiger partial charge in [0.1, 0.15) is 0 Å². The number of carbonyl (C=O) groups excluding carboxylic acids is 2. The summed E-state index contributed by atoms with van der Waals surface area (Å²) in [5, 5.41) is -4.70. The second-order valence-electron chi connectivity index (χ2n) is 7.74. The van der Waals surface area contributed by atoms with Crippen molar-refractivity contribution in [3.8, 4) is 0 Å². The molecule has 0 saturated heterocycles. The number of amides is 1. The first-order chi connectivity index (χ1) is 15.7. The number of carbonyl (C=O) groups is 2. The third kappa shape index (κ3) is 9.14. The molecule has 0 aliphatic rings. The van der Waals surface area contributed by atoms with Gasteiger partial charge in [-0.1, -0.05) is 33.1 Å². The van der Waals surface area contributed by atoms with Crippen molar-refractivity contribution in [2.24, 2.45) is 0 Å². The minimum absolute atomic E-state index is 0.163. The van der Waals surface area contributed by atoms with Crippen LogP contribution in [0.4, 0.5) is 43.9 Å². The van der Waals surface area contributed by atoms with Gasteiger partial charge in [-0.2, -0.15) is 43.9 Å². The van der Waals surface area contributed by atoms with Gasteiger partial charge in [-0.05, 0) is 25.7 Å². The Balaban J connectivity index is 6.05. The Morgan fingerprint density at radius 3 is 1.74 bits per heavy atom. The number of hydrogen-bond acceptors (Lipinski definition) is 4. The van der Waals surface area contributed by atoms with Gasteiger partial charge in [0.15, 0.2) is 5.78 Å². The number of allylic oxidation sites excluding steroid dienone is 1. The highest BCUT2D eigenvalue weighted by molar-refractivity contribution is 7.81. The van der Waals surface area contributed by atoms with E-state index in [9.17, 15) is 53.5 Å². The predicted molar refractivity (Wildman–Crippen MR) is 109 cm³/mol. The van der Waals surface area contributed by atoms with Gasteiger partial charge in [-0.15, -0.1) is 0 Å². The summed E-state index contributed by atoms with van der Waals surface area (Å²) in [5.41, 5.74) is -6.21. The van der Waals surface area contributed by atoms with Crippen LogP contribution in [0.3, 0.4) is 0 Å². The van der Waals surface area contributed by atoms with Gasteiger partial charge in [-0.3, -0.25) is 9.59 Å². The van der Waals surface area contributed by atoms with E-state index in [1.807, 2.05) is 0 Å². The number of hydrogen-bond donors (Lipinski definition) is 1. The Morgan fingerprint density at radius 2 is 1.37 bits per heavy atom. The molecular weight excluding hydrogens is 524 g/mol. The lowest BCUT2D eigenvalue weighted by atomic mass is 9.90. The summed E-state index contributed by atoms with van der Waals surface area (Å²) in [4.78, 5) is 25.7. The molecule has 1 amide bonds. The number of halogens is 10. The number of alkyl halides is 10. The molecule has 15 heteroatoms. The van der Waals surface area contributed by atoms with Crippen molar-refractivity contribution in [3.63, 3.8) is 0 Å². The molecule has 0 rings (SSSR count). The SMILES string of the molecule is C=C(C(=O)CC(OCCCCC(F)(F)C(F)(F)S)(C(=O)N(CCC)CCC)C(F)(F)F)C(F)(F)F. The smallest absolute Gasteiger partial charge is 0.357 e. The van der Waals surface area contributed by atoms with Crippen LogP contribution in [0.5, 0.6) is 0 Å². The van der Waals surface area contributed by atoms with Crippen molar-refractivity contribution in [1.82, 2.24) is 4.90 Å². The molecule has 1 unspecified atom stereocenters. The lowest BCUT2D eigenvalue weighted by Gasteiger charge is -2.38. The van der Waals surface area contributed by atoms with Crippen molar-refractivity contribution in [3.05, 3.63) is 12.2 Å². The zero-order chi connectivity index (χ0) is 27.9. The number of nitrogens with zero attached hydrogens (tertiary/aromatic N) is 1. The van der Waals surface area contributed by atoms with Crippen LogP contribution >= 0.6 is 12.6 Å². The Kier molecular flexibility index (Phi) is 12.1. The summed E-state index contributed by atoms with van der Waals surface area (Å²) >= 11 is 2.46. The maximum atomic E-state index is 14.2. The normalized spacial score (nSPS) is 15.0. The molecule has 0 aromatic carbocycles. The molecular formula is C20H27F10NO3S. The highest BCUT2D eigenvalue weighted by atomic mass is 32.1. The average Bonchev–Trinajstić information content (AvgIpc) is 2.68. The van der Waals surface area contributed by atoms with Crippen LogP contribution in [0.25, 0.3) is 0 Å². The van der Waals surface area contributed by atoms with Crippen LogP contribution in [-0.2, 0) is 14.3 Å². The maximum Gasteiger partial charge on any atom is 0.427 e. The third-order valence-corrected chi connectivity index (χ3v) is 5.17. The molecule has 206 valence electrons. The molecule has 0 aromatic heterocycles. The van der Waals surface area contributed by atoms with E-state index in [2.05, 4.69) is 23.9 Å². The van der Waals surface area contributed by atoms with Crippen LogP contribution in [-0.4, -0.2) is 65.4 Å². The minimum Gasteiger partial charge on any atom is -0.357 e. The number of thiol groups is 1. The van der Waals surface area contributed by atoms with Crippen LogP contribution in [0.15, 0.2) is 12.2 Å². The molecule has 0 saturated carbocycles. The molecule has 0 aliphatic carbocycles. The Hall–Kier alpha value is -1.51. The largest absolute Gasteiger partial charge is 0.427 e. The highest BCUT2D eigenvalue weighted by Gasteiger charge is 2.64. The van der Waals surface area contributed by atoms with Crippen LogP contribution in [0.2, 0.25) is 0 Å². The van der Waals surface area contributed by atoms with Gasteiger partial charge in [0, 0.05) is 26.1 Å². The Labute approximate surface area is 201 Å². The lowest BCUT2D eigenvalue weighted by Crippen LogP contribution is -2.61. The van der Waals surface area contributed by atoms with E-state index in [4.69, 9.17) is 0 Å². The first-order valence-corrected chi connectivity index (χ1v) is 10.9. The summed E-state index contributed by atoms with van der Waals surface area (Å²) in [7, 11) is 0. The number of ketones is 1. The molecule has 0 fully saturated rings. The van der Waals surface area contributed by atoms with Gasteiger partial charge in [0.2, 0.25) is 5.60 Å². The third-order valence-electron chi connectivity index (χ3n) is 4.84. The van der Waals surface area contributed by atoms with E-state index in [1.165, 1.54) is 13.8 Å². The molecule has 0 aromatic rings. The molecule has 0 spiro atoms. The number of Topliss-reactive ketones (excluding diaryl/α,β-unsaturated/α-hetero) is 1. The van der Waals surface area contributed by atoms with E-state index in [-0.39, 0.29) is 25.9 Å². The summed E-state index contributed by atoms with van der Waals surface area (Å²) in [6, 6.07) is 0. The summed E-state index contributed by atoms with van der Waals surface area (Å²) in [6.07, 6.45) is -15.9. The summed E-state index contributed by atoms with van der Waals surface area (Å²) in [5.74, 6) is -8.59. The molecule has 0 bridgehead atoms. The second kappa shape index (κ2) is 12.6. The summed E-state index contributed by atoms with van der Waals surface area (Å²) in [6.45, 7) is 3.84. The number of ether oxygens (including phenoxy) is 1. The average molecular weight is 551 g/mol. The van der Waals surface area contributed by atoms with Crippen molar-refractivity contribution < 1.29 is 58.2 Å². The molecule has 0 aliphatic heterocycles. The van der Waals surface area contributed by atoms with E-state index >= 15 is 0 Å². The summed E-state index contributed by atoms with van der Waals surface area (Å²) < 4.78 is 138. The fourth-order valence-corrected chi connectivity index (χ4v) is 3.05. The van der Waals surface area contributed by atoms with Crippen molar-refractivity contribution in [2.75, 3.05) is 19.7 Å². The van der Waals surface area contributed by atoms with Crippen LogP contribution < -0.4 is 0 Å². The molecule has 0 heterocycles. The van der Waals surface area contributed by atoms with Gasteiger partial charge in [0.05, 0.1) is 12.0 Å². The number of rotatable bonds is 15. The molecule has 0 N–H and O–H groups in total. The van der Waals surface area contributed by atoms with Gasteiger partial charge < -0.3 is 9.64 Å². The lowest BCUT2D eigenvalue weighted by molar-refractivity contribution is -0.272. The van der Waals surface area contributed by atoms with E-state index in [1.54, 1.807) is 0 Å². The van der Waals surface area contributed by atoms with E-state index < -0.39 is 78.7 Å². The monoisotopic (exact) mass is 551 g/mol. The van der Waals surface area contributed by atoms with Crippen molar-refractivity contribution in [1.29, 1.82) is 0 Å². The predicted octanol–water partition coefficient (Wildman–Crippen LogP) is 6.36. The first kappa shape index (κ1) is 33.5. The molecule has 0 radical (unpaired) electrons. The van der Waals surface area contributed by atoms with Crippen molar-refractivity contribution >= 4 is 24.3 Å². The Bertz CT molecular complexity index is 728. The second-order valence-corrected chi connectivity index (χ2v) is 8.31. The minimum atomic E-state index is -5.70. The van der Waals surface area contributed by atoms with Gasteiger partial charge in [0.25, 0.3) is 5.91 Å². The number of unbranched alkanes of at least 4 members (excludes halogenated alkanes) is 1. The molecule has 35 heavy (non-hydrogen) atoms.